The molecule has 1 rings (SSSR count). The molecule has 0 radical (unpaired) electrons. The molecule has 0 saturated heterocycles. The van der Waals surface area contributed by atoms with Gasteiger partial charge in [-0.15, -0.1) is 0 Å². The van der Waals surface area contributed by atoms with Crippen LogP contribution in [0.3, 0.4) is 0 Å². The third kappa shape index (κ3) is 2.90. The van der Waals surface area contributed by atoms with Crippen molar-refractivity contribution in [3.8, 4) is 0 Å². The minimum atomic E-state index is -4.26. The highest BCUT2D eigenvalue weighted by molar-refractivity contribution is 5.48. The Bertz CT molecular complexity index is 327. The third-order valence-corrected chi connectivity index (χ3v) is 2.49. The highest BCUT2D eigenvalue weighted by Crippen LogP contribution is 2.30. The van der Waals surface area contributed by atoms with Crippen LogP contribution in [0.1, 0.15) is 26.3 Å². The van der Waals surface area contributed by atoms with Crippen molar-refractivity contribution in [1.82, 2.24) is 0 Å². The number of anilines is 1. The summed E-state index contributed by atoms with van der Waals surface area (Å²) in [5.41, 5.74) is 0.224. The van der Waals surface area contributed by atoms with Gasteiger partial charge in [-0.1, -0.05) is 0 Å². The van der Waals surface area contributed by atoms with Gasteiger partial charge in [0.05, 0.1) is 5.56 Å². The molecule has 16 heavy (non-hydrogen) atoms. The summed E-state index contributed by atoms with van der Waals surface area (Å²) >= 11 is 0. The zero-order valence-electron chi connectivity index (χ0n) is 9.67. The minimum Gasteiger partial charge on any atom is -0.369 e. The normalized spacial score (nSPS) is 11.9. The van der Waals surface area contributed by atoms with Crippen molar-refractivity contribution in [2.75, 3.05) is 11.4 Å². The van der Waals surface area contributed by atoms with Gasteiger partial charge in [-0.25, -0.2) is 0 Å². The molecule has 0 atom stereocenters. The van der Waals surface area contributed by atoms with Gasteiger partial charge in [0.15, 0.2) is 0 Å². The van der Waals surface area contributed by atoms with E-state index in [1.165, 1.54) is 12.1 Å². The molecule has 90 valence electrons. The second-order valence-corrected chi connectivity index (χ2v) is 3.92. The maximum atomic E-state index is 12.3. The zero-order valence-corrected chi connectivity index (χ0v) is 9.67. The SMILES string of the molecule is CCN(c1ccc(C(F)(F)F)cc1)C(C)C. The Morgan fingerprint density at radius 3 is 1.94 bits per heavy atom. The van der Waals surface area contributed by atoms with Crippen molar-refractivity contribution in [2.24, 2.45) is 0 Å². The average Bonchev–Trinajstić information content (AvgIpc) is 2.17. The summed E-state index contributed by atoms with van der Waals surface area (Å²) in [6, 6.07) is 5.57. The molecule has 0 unspecified atom stereocenters. The molecule has 0 aromatic heterocycles. The maximum Gasteiger partial charge on any atom is 0.416 e. The number of hydrogen-bond acceptors (Lipinski definition) is 1. The Hall–Kier alpha value is -1.19. The van der Waals surface area contributed by atoms with Crippen molar-refractivity contribution < 1.29 is 13.2 Å². The van der Waals surface area contributed by atoms with Gasteiger partial charge in [-0.2, -0.15) is 13.2 Å². The molecule has 0 amide bonds. The molecule has 0 fully saturated rings. The van der Waals surface area contributed by atoms with Gasteiger partial charge < -0.3 is 4.90 Å². The first-order chi connectivity index (χ1) is 7.36. The molecule has 0 heterocycles. The molecule has 0 bridgehead atoms. The van der Waals surface area contributed by atoms with Crippen molar-refractivity contribution in [1.29, 1.82) is 0 Å². The van der Waals surface area contributed by atoms with Crippen LogP contribution in [-0.4, -0.2) is 12.6 Å². The molecule has 0 N–H and O–H groups in total. The maximum absolute atomic E-state index is 12.3. The van der Waals surface area contributed by atoms with Crippen molar-refractivity contribution in [3.05, 3.63) is 29.8 Å². The Labute approximate surface area is 93.9 Å². The van der Waals surface area contributed by atoms with Gasteiger partial charge in [0, 0.05) is 18.3 Å². The van der Waals surface area contributed by atoms with Gasteiger partial charge in [0.25, 0.3) is 0 Å². The van der Waals surface area contributed by atoms with Crippen molar-refractivity contribution in [2.45, 2.75) is 33.0 Å². The van der Waals surface area contributed by atoms with Crippen LogP contribution in [0.15, 0.2) is 24.3 Å². The second kappa shape index (κ2) is 4.76. The molecule has 0 aliphatic rings. The highest BCUT2D eigenvalue weighted by Gasteiger charge is 2.30. The van der Waals surface area contributed by atoms with Gasteiger partial charge in [0.1, 0.15) is 0 Å². The molecule has 1 aromatic rings. The van der Waals surface area contributed by atoms with E-state index >= 15 is 0 Å². The minimum absolute atomic E-state index is 0.279. The molecule has 1 nitrogen and oxygen atoms in total. The number of halogens is 3. The van der Waals surface area contributed by atoms with Crippen LogP contribution in [0.4, 0.5) is 18.9 Å². The molecule has 1 aromatic carbocycles. The van der Waals surface area contributed by atoms with Crippen LogP contribution >= 0.6 is 0 Å². The number of alkyl halides is 3. The molecule has 0 saturated carbocycles. The topological polar surface area (TPSA) is 3.24 Å². The lowest BCUT2D eigenvalue weighted by Crippen LogP contribution is -2.30. The molecule has 0 aliphatic carbocycles. The van der Waals surface area contributed by atoms with E-state index in [9.17, 15) is 13.2 Å². The van der Waals surface area contributed by atoms with E-state index < -0.39 is 11.7 Å². The largest absolute Gasteiger partial charge is 0.416 e. The van der Waals surface area contributed by atoms with Gasteiger partial charge >= 0.3 is 6.18 Å². The van der Waals surface area contributed by atoms with Crippen LogP contribution in [0.5, 0.6) is 0 Å². The van der Waals surface area contributed by atoms with E-state index in [0.29, 0.717) is 0 Å². The molecule has 4 heteroatoms. The summed E-state index contributed by atoms with van der Waals surface area (Å²) in [6.07, 6.45) is -4.26. The lowest BCUT2D eigenvalue weighted by atomic mass is 10.1. The first-order valence-corrected chi connectivity index (χ1v) is 5.30. The fraction of sp³-hybridized carbons (Fsp3) is 0.500. The standard InChI is InChI=1S/C12H16F3N/c1-4-16(9(2)3)11-7-5-10(6-8-11)12(13,14)15/h5-9H,4H2,1-3H3. The van der Waals surface area contributed by atoms with Crippen LogP contribution in [-0.2, 0) is 6.18 Å². The van der Waals surface area contributed by atoms with Crippen LogP contribution in [0.2, 0.25) is 0 Å². The summed E-state index contributed by atoms with van der Waals surface area (Å²) in [5, 5.41) is 0. The number of hydrogen-bond donors (Lipinski definition) is 0. The zero-order chi connectivity index (χ0) is 12.3. The van der Waals surface area contributed by atoms with Crippen molar-refractivity contribution in [3.63, 3.8) is 0 Å². The van der Waals surface area contributed by atoms with E-state index in [2.05, 4.69) is 0 Å². The number of benzene rings is 1. The first-order valence-electron chi connectivity index (χ1n) is 5.30. The van der Waals surface area contributed by atoms with Crippen molar-refractivity contribution >= 4 is 5.69 Å². The summed E-state index contributed by atoms with van der Waals surface area (Å²) in [7, 11) is 0. The highest BCUT2D eigenvalue weighted by atomic mass is 19.4. The fourth-order valence-electron chi connectivity index (χ4n) is 1.69. The predicted molar refractivity (Wildman–Crippen MR) is 59.6 cm³/mol. The predicted octanol–water partition coefficient (Wildman–Crippen LogP) is 3.94. The Morgan fingerprint density at radius 2 is 1.62 bits per heavy atom. The Kier molecular flexibility index (Phi) is 3.83. The van der Waals surface area contributed by atoms with E-state index in [-0.39, 0.29) is 6.04 Å². The molecule has 0 spiro atoms. The Balaban J connectivity index is 2.94. The van der Waals surface area contributed by atoms with E-state index in [1.807, 2.05) is 25.7 Å². The lowest BCUT2D eigenvalue weighted by Gasteiger charge is -2.27. The van der Waals surface area contributed by atoms with Crippen LogP contribution < -0.4 is 4.90 Å². The van der Waals surface area contributed by atoms with Gasteiger partial charge in [-0.3, -0.25) is 0 Å². The second-order valence-electron chi connectivity index (χ2n) is 3.92. The van der Waals surface area contributed by atoms with Crippen LogP contribution in [0, 0.1) is 0 Å². The fourth-order valence-corrected chi connectivity index (χ4v) is 1.69. The summed E-state index contributed by atoms with van der Waals surface area (Å²) in [4.78, 5) is 2.04. The first kappa shape index (κ1) is 12.9. The quantitative estimate of drug-likeness (QED) is 0.761. The van der Waals surface area contributed by atoms with E-state index in [0.717, 1.165) is 24.4 Å². The summed E-state index contributed by atoms with van der Waals surface area (Å²) in [5.74, 6) is 0. The summed E-state index contributed by atoms with van der Waals surface area (Å²) in [6.45, 7) is 6.79. The number of nitrogens with zero attached hydrogens (tertiary/aromatic N) is 1. The molecule has 0 aliphatic heterocycles. The third-order valence-electron chi connectivity index (χ3n) is 2.49. The molecular weight excluding hydrogens is 215 g/mol. The lowest BCUT2D eigenvalue weighted by molar-refractivity contribution is -0.137. The van der Waals surface area contributed by atoms with Gasteiger partial charge in [-0.05, 0) is 45.0 Å². The number of rotatable bonds is 3. The monoisotopic (exact) mass is 231 g/mol. The van der Waals surface area contributed by atoms with Crippen LogP contribution in [0.25, 0.3) is 0 Å². The smallest absolute Gasteiger partial charge is 0.369 e. The van der Waals surface area contributed by atoms with E-state index in [4.69, 9.17) is 0 Å². The average molecular weight is 231 g/mol. The van der Waals surface area contributed by atoms with E-state index in [1.54, 1.807) is 0 Å². The summed E-state index contributed by atoms with van der Waals surface area (Å²) < 4.78 is 37.0. The Morgan fingerprint density at radius 1 is 1.12 bits per heavy atom. The van der Waals surface area contributed by atoms with Gasteiger partial charge in [0.2, 0.25) is 0 Å². The molecular formula is C12H16F3N.